The summed E-state index contributed by atoms with van der Waals surface area (Å²) in [5.74, 6) is -0.00287. The highest BCUT2D eigenvalue weighted by molar-refractivity contribution is 5.41. The second-order valence-electron chi connectivity index (χ2n) is 4.42. The number of ether oxygens (including phenoxy) is 1. The van der Waals surface area contributed by atoms with Gasteiger partial charge in [-0.25, -0.2) is 0 Å². The maximum atomic E-state index is 12.4. The first kappa shape index (κ1) is 14.5. The van der Waals surface area contributed by atoms with Gasteiger partial charge >= 0.3 is 6.61 Å². The fourth-order valence-corrected chi connectivity index (χ4v) is 2.07. The van der Waals surface area contributed by atoms with E-state index in [9.17, 15) is 13.9 Å². The van der Waals surface area contributed by atoms with E-state index in [0.29, 0.717) is 11.1 Å². The van der Waals surface area contributed by atoms with E-state index in [1.165, 1.54) is 6.07 Å². The molecule has 2 nitrogen and oxygen atoms in total. The molecule has 0 aromatic heterocycles. The molecule has 106 valence electrons. The lowest BCUT2D eigenvalue weighted by Crippen LogP contribution is -2.08. The van der Waals surface area contributed by atoms with Crippen molar-refractivity contribution in [1.82, 2.24) is 0 Å². The quantitative estimate of drug-likeness (QED) is 0.898. The van der Waals surface area contributed by atoms with Crippen molar-refractivity contribution in [3.8, 4) is 5.75 Å². The molecule has 0 aliphatic rings. The van der Waals surface area contributed by atoms with E-state index >= 15 is 0 Å². The van der Waals surface area contributed by atoms with Gasteiger partial charge in [0.25, 0.3) is 0 Å². The zero-order valence-corrected chi connectivity index (χ0v) is 11.1. The summed E-state index contributed by atoms with van der Waals surface area (Å²) in [4.78, 5) is 0. The molecule has 1 atom stereocenters. The van der Waals surface area contributed by atoms with Crippen molar-refractivity contribution < 1.29 is 18.6 Å². The summed E-state index contributed by atoms with van der Waals surface area (Å²) >= 11 is 0. The van der Waals surface area contributed by atoms with Crippen LogP contribution < -0.4 is 4.74 Å². The topological polar surface area (TPSA) is 29.5 Å². The average Bonchev–Trinajstić information content (AvgIpc) is 2.46. The maximum absolute atomic E-state index is 12.4. The summed E-state index contributed by atoms with van der Waals surface area (Å²) < 4.78 is 29.2. The van der Waals surface area contributed by atoms with Crippen molar-refractivity contribution in [3.63, 3.8) is 0 Å². The van der Waals surface area contributed by atoms with Crippen LogP contribution in [0.25, 0.3) is 0 Å². The summed E-state index contributed by atoms with van der Waals surface area (Å²) in [5, 5.41) is 10.4. The zero-order chi connectivity index (χ0) is 14.5. The minimum atomic E-state index is -2.91. The van der Waals surface area contributed by atoms with Crippen LogP contribution in [-0.4, -0.2) is 11.7 Å². The predicted molar refractivity (Wildman–Crippen MR) is 73.0 cm³/mol. The van der Waals surface area contributed by atoms with Gasteiger partial charge in [0, 0.05) is 5.56 Å². The summed E-state index contributed by atoms with van der Waals surface area (Å²) in [6.45, 7) is -0.898. The second-order valence-corrected chi connectivity index (χ2v) is 4.42. The van der Waals surface area contributed by atoms with Crippen molar-refractivity contribution in [3.05, 3.63) is 65.2 Å². The van der Waals surface area contributed by atoms with Crippen LogP contribution in [0.1, 0.15) is 29.7 Å². The first-order valence-corrected chi connectivity index (χ1v) is 6.42. The van der Waals surface area contributed by atoms with Gasteiger partial charge in [-0.3, -0.25) is 0 Å². The van der Waals surface area contributed by atoms with Crippen molar-refractivity contribution in [2.75, 3.05) is 0 Å². The lowest BCUT2D eigenvalue weighted by atomic mass is 9.98. The number of hydrogen-bond acceptors (Lipinski definition) is 2. The number of aryl methyl sites for hydroxylation is 1. The van der Waals surface area contributed by atoms with Crippen molar-refractivity contribution in [2.24, 2.45) is 0 Å². The van der Waals surface area contributed by atoms with Crippen LogP contribution >= 0.6 is 0 Å². The van der Waals surface area contributed by atoms with Gasteiger partial charge in [-0.15, -0.1) is 0 Å². The van der Waals surface area contributed by atoms with Crippen LogP contribution in [0, 0.1) is 0 Å². The van der Waals surface area contributed by atoms with Gasteiger partial charge in [-0.05, 0) is 23.6 Å². The fraction of sp³-hybridized carbons (Fsp3) is 0.250. The van der Waals surface area contributed by atoms with Gasteiger partial charge < -0.3 is 9.84 Å². The van der Waals surface area contributed by atoms with E-state index in [1.807, 2.05) is 25.1 Å². The average molecular weight is 278 g/mol. The van der Waals surface area contributed by atoms with Crippen LogP contribution in [0.3, 0.4) is 0 Å². The van der Waals surface area contributed by atoms with Crippen molar-refractivity contribution in [2.45, 2.75) is 26.1 Å². The lowest BCUT2D eigenvalue weighted by molar-refractivity contribution is -0.0512. The molecule has 0 saturated carbocycles. The Morgan fingerprint density at radius 1 is 1.10 bits per heavy atom. The van der Waals surface area contributed by atoms with Crippen molar-refractivity contribution >= 4 is 0 Å². The smallest absolute Gasteiger partial charge is 0.387 e. The number of rotatable bonds is 5. The fourth-order valence-electron chi connectivity index (χ4n) is 2.07. The van der Waals surface area contributed by atoms with Crippen LogP contribution in [0.2, 0.25) is 0 Å². The first-order chi connectivity index (χ1) is 9.61. The Bertz CT molecular complexity index is 570. The third kappa shape index (κ3) is 3.33. The third-order valence-corrected chi connectivity index (χ3v) is 3.10. The number of benzene rings is 2. The minimum Gasteiger partial charge on any atom is -0.434 e. The Morgan fingerprint density at radius 2 is 1.85 bits per heavy atom. The highest BCUT2D eigenvalue weighted by atomic mass is 19.3. The largest absolute Gasteiger partial charge is 0.434 e. The second kappa shape index (κ2) is 6.48. The molecule has 20 heavy (non-hydrogen) atoms. The predicted octanol–water partition coefficient (Wildman–Crippen LogP) is 3.93. The summed E-state index contributed by atoms with van der Waals surface area (Å²) in [6, 6.07) is 13.7. The number of hydrogen-bond donors (Lipinski definition) is 1. The van der Waals surface area contributed by atoms with Gasteiger partial charge in [-0.2, -0.15) is 8.78 Å². The number of halogens is 2. The van der Waals surface area contributed by atoms with Crippen LogP contribution in [-0.2, 0) is 6.42 Å². The number of aliphatic hydroxyl groups is 1. The van der Waals surface area contributed by atoms with E-state index in [1.54, 1.807) is 24.3 Å². The van der Waals surface area contributed by atoms with Gasteiger partial charge in [-0.1, -0.05) is 49.4 Å². The number of aliphatic hydroxyl groups excluding tert-OH is 1. The molecule has 0 amide bonds. The molecule has 0 saturated heterocycles. The van der Waals surface area contributed by atoms with Gasteiger partial charge in [0.15, 0.2) is 0 Å². The summed E-state index contributed by atoms with van der Waals surface area (Å²) in [6.07, 6.45) is -0.146. The van der Waals surface area contributed by atoms with Crippen LogP contribution in [0.4, 0.5) is 8.78 Å². The molecule has 0 spiro atoms. The molecule has 1 unspecified atom stereocenters. The standard InChI is InChI=1S/C16H16F2O2/c1-2-11-6-5-7-12(10-11)15(19)13-8-3-4-9-14(13)20-16(17)18/h3-10,15-16,19H,2H2,1H3. The van der Waals surface area contributed by atoms with E-state index in [-0.39, 0.29) is 5.75 Å². The molecule has 0 heterocycles. The molecular weight excluding hydrogens is 262 g/mol. The Labute approximate surface area is 116 Å². The lowest BCUT2D eigenvalue weighted by Gasteiger charge is -2.16. The highest BCUT2D eigenvalue weighted by Crippen LogP contribution is 2.31. The van der Waals surface area contributed by atoms with Gasteiger partial charge in [0.1, 0.15) is 11.9 Å². The molecule has 0 fully saturated rings. The molecule has 2 aromatic carbocycles. The molecule has 0 aliphatic carbocycles. The maximum Gasteiger partial charge on any atom is 0.387 e. The molecular formula is C16H16F2O2. The normalized spacial score (nSPS) is 12.4. The van der Waals surface area contributed by atoms with E-state index in [2.05, 4.69) is 4.74 Å². The van der Waals surface area contributed by atoms with E-state index in [0.717, 1.165) is 12.0 Å². The molecule has 0 radical (unpaired) electrons. The highest BCUT2D eigenvalue weighted by Gasteiger charge is 2.17. The Morgan fingerprint density at radius 3 is 2.55 bits per heavy atom. The third-order valence-electron chi connectivity index (χ3n) is 3.10. The molecule has 1 N–H and O–H groups in total. The minimum absolute atomic E-state index is 0.00287. The summed E-state index contributed by atoms with van der Waals surface area (Å²) in [7, 11) is 0. The molecule has 4 heteroatoms. The molecule has 2 aromatic rings. The van der Waals surface area contributed by atoms with Crippen LogP contribution in [0.15, 0.2) is 48.5 Å². The monoisotopic (exact) mass is 278 g/mol. The number of alkyl halides is 2. The molecule has 0 bridgehead atoms. The van der Waals surface area contributed by atoms with E-state index in [4.69, 9.17) is 0 Å². The molecule has 2 rings (SSSR count). The van der Waals surface area contributed by atoms with Crippen molar-refractivity contribution in [1.29, 1.82) is 0 Å². The van der Waals surface area contributed by atoms with Gasteiger partial charge in [0.05, 0.1) is 0 Å². The Kier molecular flexibility index (Phi) is 4.69. The Balaban J connectivity index is 2.34. The zero-order valence-electron chi connectivity index (χ0n) is 11.1. The van der Waals surface area contributed by atoms with Crippen LogP contribution in [0.5, 0.6) is 5.75 Å². The number of para-hydroxylation sites is 1. The first-order valence-electron chi connectivity index (χ1n) is 6.42. The van der Waals surface area contributed by atoms with E-state index < -0.39 is 12.7 Å². The molecule has 0 aliphatic heterocycles. The van der Waals surface area contributed by atoms with Gasteiger partial charge in [0.2, 0.25) is 0 Å². The Hall–Kier alpha value is -1.94. The SMILES string of the molecule is CCc1cccc(C(O)c2ccccc2OC(F)F)c1. The summed E-state index contributed by atoms with van der Waals surface area (Å²) in [5.41, 5.74) is 2.07.